The molecule has 1 aromatic carbocycles. The number of fused-ring (bicyclic) bond motifs is 2. The van der Waals surface area contributed by atoms with Crippen LogP contribution in [0.1, 0.15) is 17.5 Å². The largest absolute Gasteiger partial charge is 0.492 e. The lowest BCUT2D eigenvalue weighted by Gasteiger charge is -2.18. The highest BCUT2D eigenvalue weighted by Gasteiger charge is 2.34. The maximum atomic E-state index is 14.7. The summed E-state index contributed by atoms with van der Waals surface area (Å²) in [6.45, 7) is 2.47. The lowest BCUT2D eigenvalue weighted by Crippen LogP contribution is -2.30. The van der Waals surface area contributed by atoms with Crippen molar-refractivity contribution in [2.24, 2.45) is 5.92 Å². The van der Waals surface area contributed by atoms with Crippen LogP contribution in [0.3, 0.4) is 0 Å². The molecule has 2 aromatic heterocycles. The smallest absolute Gasteiger partial charge is 0.415 e. The summed E-state index contributed by atoms with van der Waals surface area (Å²) in [5.74, 6) is 0.904. The number of nitrogens with one attached hydrogen (secondary N) is 2. The van der Waals surface area contributed by atoms with Crippen LogP contribution in [0.25, 0.3) is 0 Å². The van der Waals surface area contributed by atoms with E-state index in [-0.39, 0.29) is 47.9 Å². The van der Waals surface area contributed by atoms with Crippen molar-refractivity contribution in [2.75, 3.05) is 43.1 Å². The van der Waals surface area contributed by atoms with E-state index in [1.54, 1.807) is 11.0 Å². The Kier molecular flexibility index (Phi) is 6.92. The van der Waals surface area contributed by atoms with Crippen LogP contribution in [-0.2, 0) is 28.9 Å². The van der Waals surface area contributed by atoms with E-state index >= 15 is 0 Å². The first-order chi connectivity index (χ1) is 19.0. The number of ether oxygens (including phenoxy) is 3. The van der Waals surface area contributed by atoms with Crippen LogP contribution >= 0.6 is 0 Å². The molecule has 2 atom stereocenters. The van der Waals surface area contributed by atoms with Gasteiger partial charge in [-0.3, -0.25) is 9.69 Å². The molecule has 0 radical (unpaired) electrons. The van der Waals surface area contributed by atoms with Gasteiger partial charge in [-0.1, -0.05) is 0 Å². The van der Waals surface area contributed by atoms with Crippen LogP contribution in [0.15, 0.2) is 31.0 Å². The van der Waals surface area contributed by atoms with Gasteiger partial charge < -0.3 is 24.8 Å². The maximum Gasteiger partial charge on any atom is 0.415 e. The molecule has 0 bridgehead atoms. The van der Waals surface area contributed by atoms with Crippen molar-refractivity contribution in [1.29, 1.82) is 0 Å². The van der Waals surface area contributed by atoms with Crippen LogP contribution in [0.5, 0.6) is 11.6 Å². The number of halogens is 1. The van der Waals surface area contributed by atoms with Crippen molar-refractivity contribution >= 4 is 23.6 Å². The fourth-order valence-electron chi connectivity index (χ4n) is 5.00. The third-order valence-electron chi connectivity index (χ3n) is 6.87. The second-order valence-corrected chi connectivity index (χ2v) is 9.65. The Morgan fingerprint density at radius 3 is 3.05 bits per heavy atom. The van der Waals surface area contributed by atoms with E-state index in [2.05, 4.69) is 30.7 Å². The average molecular weight is 539 g/mol. The summed E-state index contributed by atoms with van der Waals surface area (Å²) in [7, 11) is 0. The SMILES string of the molecule is O=C1COc2ncc(N3CC(CCNCC4Cc5cc(OCCn6cncn6)cc(F)c5C4)OC3=O)nc2N1. The highest BCUT2D eigenvalue weighted by molar-refractivity contribution is 5.94. The highest BCUT2D eigenvalue weighted by atomic mass is 19.1. The topological polar surface area (TPSA) is 146 Å². The molecule has 2 unspecified atom stereocenters. The molecule has 2 N–H and O–H groups in total. The van der Waals surface area contributed by atoms with E-state index in [0.717, 1.165) is 24.1 Å². The summed E-state index contributed by atoms with van der Waals surface area (Å²) in [6.07, 6.45) is 5.70. The van der Waals surface area contributed by atoms with E-state index in [9.17, 15) is 14.0 Å². The van der Waals surface area contributed by atoms with Gasteiger partial charge in [-0.25, -0.2) is 28.8 Å². The summed E-state index contributed by atoms with van der Waals surface area (Å²) in [5.41, 5.74) is 1.73. The van der Waals surface area contributed by atoms with Crippen molar-refractivity contribution < 1.29 is 28.2 Å². The number of aromatic nitrogens is 5. The average Bonchev–Trinajstić information content (AvgIpc) is 3.67. The van der Waals surface area contributed by atoms with Crippen LogP contribution in [0, 0.1) is 11.7 Å². The number of benzene rings is 1. The zero-order valence-corrected chi connectivity index (χ0v) is 21.0. The molecule has 2 aliphatic heterocycles. The summed E-state index contributed by atoms with van der Waals surface area (Å²) in [5, 5.41) is 10.0. The minimum absolute atomic E-state index is 0.120. The predicted molar refractivity (Wildman–Crippen MR) is 134 cm³/mol. The molecule has 39 heavy (non-hydrogen) atoms. The normalized spacial score (nSPS) is 19.8. The number of hydrogen-bond acceptors (Lipinski definition) is 10. The van der Waals surface area contributed by atoms with Crippen molar-refractivity contribution in [3.05, 3.63) is 47.9 Å². The van der Waals surface area contributed by atoms with Gasteiger partial charge in [-0.15, -0.1) is 0 Å². The van der Waals surface area contributed by atoms with Crippen molar-refractivity contribution in [3.8, 4) is 11.6 Å². The monoisotopic (exact) mass is 538 g/mol. The van der Waals surface area contributed by atoms with E-state index in [1.165, 1.54) is 23.5 Å². The van der Waals surface area contributed by atoms with E-state index in [1.807, 2.05) is 6.07 Å². The Balaban J connectivity index is 0.948. The Hall–Kier alpha value is -4.33. The summed E-state index contributed by atoms with van der Waals surface area (Å²) < 4.78 is 32.8. The Morgan fingerprint density at radius 2 is 2.18 bits per heavy atom. The van der Waals surface area contributed by atoms with Gasteiger partial charge in [0.25, 0.3) is 11.8 Å². The second-order valence-electron chi connectivity index (χ2n) is 9.65. The molecule has 0 spiro atoms. The standard InChI is InChI=1S/C25H27FN8O5/c26-20-8-18(37-4-3-33-14-28-13-30-33)7-16-5-15(6-19(16)20)9-27-2-1-17-11-34(25(36)39-17)21-10-29-24-23(31-21)32-22(35)12-38-24/h7-8,10,13-15,17,27H,1-6,9,11-12H2,(H,31,32,35). The molecular weight excluding hydrogens is 511 g/mol. The molecule has 13 nitrogen and oxygen atoms in total. The molecule has 4 heterocycles. The zero-order valence-electron chi connectivity index (χ0n) is 21.0. The van der Waals surface area contributed by atoms with Crippen LogP contribution in [0.2, 0.25) is 0 Å². The van der Waals surface area contributed by atoms with Crippen LogP contribution in [-0.4, -0.2) is 75.7 Å². The summed E-state index contributed by atoms with van der Waals surface area (Å²) in [6, 6.07) is 3.37. The number of carbonyl (C=O) groups excluding carboxylic acids is 2. The quantitative estimate of drug-likeness (QED) is 0.363. The first-order valence-electron chi connectivity index (χ1n) is 12.8. The molecule has 1 fully saturated rings. The lowest BCUT2D eigenvalue weighted by atomic mass is 10.1. The molecule has 6 rings (SSSR count). The lowest BCUT2D eigenvalue weighted by molar-refractivity contribution is -0.118. The molecule has 0 saturated carbocycles. The third-order valence-corrected chi connectivity index (χ3v) is 6.87. The van der Waals surface area contributed by atoms with Gasteiger partial charge in [0.05, 0.1) is 19.3 Å². The highest BCUT2D eigenvalue weighted by Crippen LogP contribution is 2.32. The first kappa shape index (κ1) is 25.0. The number of rotatable bonds is 10. The Morgan fingerprint density at radius 1 is 1.26 bits per heavy atom. The number of cyclic esters (lactones) is 1. The number of amides is 2. The number of carbonyl (C=O) groups is 2. The second kappa shape index (κ2) is 10.8. The Bertz CT molecular complexity index is 1370. The minimum atomic E-state index is -0.515. The van der Waals surface area contributed by atoms with Gasteiger partial charge in [0.2, 0.25) is 0 Å². The molecule has 204 valence electrons. The van der Waals surface area contributed by atoms with Gasteiger partial charge in [-0.2, -0.15) is 5.10 Å². The van der Waals surface area contributed by atoms with Crippen molar-refractivity contribution in [2.45, 2.75) is 31.9 Å². The minimum Gasteiger partial charge on any atom is -0.492 e. The summed E-state index contributed by atoms with van der Waals surface area (Å²) >= 11 is 0. The zero-order chi connectivity index (χ0) is 26.8. The molecular formula is C25H27FN8O5. The number of nitrogens with zero attached hydrogens (tertiary/aromatic N) is 6. The third kappa shape index (κ3) is 5.60. The maximum absolute atomic E-state index is 14.7. The van der Waals surface area contributed by atoms with Gasteiger partial charge in [0.15, 0.2) is 18.2 Å². The van der Waals surface area contributed by atoms with Gasteiger partial charge in [0.1, 0.15) is 36.9 Å². The van der Waals surface area contributed by atoms with Gasteiger partial charge in [0, 0.05) is 6.07 Å². The first-order valence-corrected chi connectivity index (χ1v) is 12.8. The fraction of sp³-hybridized carbons (Fsp3) is 0.440. The van der Waals surface area contributed by atoms with Crippen molar-refractivity contribution in [1.82, 2.24) is 30.0 Å². The molecule has 2 amide bonds. The van der Waals surface area contributed by atoms with Gasteiger partial charge in [-0.05, 0) is 55.5 Å². The predicted octanol–water partition coefficient (Wildman–Crippen LogP) is 1.34. The number of hydrogen-bond donors (Lipinski definition) is 2. The van der Waals surface area contributed by atoms with E-state index < -0.39 is 6.09 Å². The molecule has 1 aliphatic carbocycles. The van der Waals surface area contributed by atoms with Crippen molar-refractivity contribution in [3.63, 3.8) is 0 Å². The van der Waals surface area contributed by atoms with E-state index in [4.69, 9.17) is 14.2 Å². The fourth-order valence-corrected chi connectivity index (χ4v) is 5.00. The summed E-state index contributed by atoms with van der Waals surface area (Å²) in [4.78, 5) is 37.7. The number of anilines is 2. The molecule has 14 heteroatoms. The van der Waals surface area contributed by atoms with Gasteiger partial charge >= 0.3 is 6.09 Å². The molecule has 3 aliphatic rings. The molecule has 1 saturated heterocycles. The van der Waals surface area contributed by atoms with Crippen LogP contribution < -0.4 is 25.0 Å². The Labute approximate surface area is 222 Å². The van der Waals surface area contributed by atoms with Crippen LogP contribution in [0.4, 0.5) is 20.8 Å². The molecule has 3 aromatic rings. The van der Waals surface area contributed by atoms with E-state index in [0.29, 0.717) is 44.8 Å².